The molecule has 1 aliphatic rings. The molecule has 1 aliphatic heterocycles. The van der Waals surface area contributed by atoms with Crippen LogP contribution in [0.15, 0.2) is 42.0 Å². The van der Waals surface area contributed by atoms with E-state index in [-0.39, 0.29) is 5.91 Å². The lowest BCUT2D eigenvalue weighted by molar-refractivity contribution is -0.116. The van der Waals surface area contributed by atoms with Crippen molar-refractivity contribution in [2.75, 3.05) is 6.54 Å². The Morgan fingerprint density at radius 3 is 2.89 bits per heavy atom. The van der Waals surface area contributed by atoms with E-state index in [0.717, 1.165) is 16.3 Å². The number of rotatable bonds is 1. The molecule has 92 valence electrons. The SMILES string of the molecule is N#Cc1ccc2c(/C=C3\CNNC3=O)cccc2c1. The Balaban J connectivity index is 2.15. The Kier molecular flexibility index (Phi) is 2.75. The molecular weight excluding hydrogens is 238 g/mol. The molecule has 3 rings (SSSR count). The van der Waals surface area contributed by atoms with Crippen molar-refractivity contribution in [2.24, 2.45) is 0 Å². The summed E-state index contributed by atoms with van der Waals surface area (Å²) in [6.45, 7) is 0.519. The third kappa shape index (κ3) is 2.07. The van der Waals surface area contributed by atoms with Gasteiger partial charge in [-0.15, -0.1) is 0 Å². The summed E-state index contributed by atoms with van der Waals surface area (Å²) in [6.07, 6.45) is 1.88. The van der Waals surface area contributed by atoms with Crippen molar-refractivity contribution < 1.29 is 4.79 Å². The van der Waals surface area contributed by atoms with Gasteiger partial charge in [0.2, 0.25) is 0 Å². The summed E-state index contributed by atoms with van der Waals surface area (Å²) in [5, 5.41) is 10.9. The molecule has 19 heavy (non-hydrogen) atoms. The molecular formula is C15H11N3O. The van der Waals surface area contributed by atoms with Gasteiger partial charge in [0.15, 0.2) is 0 Å². The molecule has 0 bridgehead atoms. The second-order valence-electron chi connectivity index (χ2n) is 4.37. The lowest BCUT2D eigenvalue weighted by Gasteiger charge is -2.03. The van der Waals surface area contributed by atoms with E-state index in [9.17, 15) is 4.79 Å². The molecule has 0 radical (unpaired) electrons. The summed E-state index contributed by atoms with van der Waals surface area (Å²) >= 11 is 0. The van der Waals surface area contributed by atoms with Crippen molar-refractivity contribution in [1.29, 1.82) is 5.26 Å². The van der Waals surface area contributed by atoms with Crippen LogP contribution in [0.3, 0.4) is 0 Å². The number of fused-ring (bicyclic) bond motifs is 1. The highest BCUT2D eigenvalue weighted by atomic mass is 16.2. The van der Waals surface area contributed by atoms with Crippen molar-refractivity contribution in [3.8, 4) is 6.07 Å². The fourth-order valence-corrected chi connectivity index (χ4v) is 2.19. The monoisotopic (exact) mass is 249 g/mol. The van der Waals surface area contributed by atoms with Gasteiger partial charge < -0.3 is 0 Å². The van der Waals surface area contributed by atoms with Gasteiger partial charge in [0.25, 0.3) is 5.91 Å². The van der Waals surface area contributed by atoms with Crippen LogP contribution in [0.25, 0.3) is 16.8 Å². The molecule has 0 aliphatic carbocycles. The molecule has 0 unspecified atom stereocenters. The van der Waals surface area contributed by atoms with E-state index in [4.69, 9.17) is 5.26 Å². The molecule has 0 aromatic heterocycles. The van der Waals surface area contributed by atoms with Gasteiger partial charge in [-0.3, -0.25) is 10.2 Å². The molecule has 0 spiro atoms. The molecule has 1 saturated heterocycles. The average Bonchev–Trinajstić information content (AvgIpc) is 2.84. The van der Waals surface area contributed by atoms with Gasteiger partial charge in [0.05, 0.1) is 11.6 Å². The molecule has 2 aromatic carbocycles. The number of nitriles is 1. The first kappa shape index (κ1) is 11.5. The summed E-state index contributed by atoms with van der Waals surface area (Å²) in [4.78, 5) is 11.5. The van der Waals surface area contributed by atoms with Crippen LogP contribution in [0.2, 0.25) is 0 Å². The standard InChI is InChI=1S/C15H11N3O/c16-8-10-4-5-14-11(6-10)2-1-3-12(14)7-13-9-17-18-15(13)19/h1-7,17H,9H2,(H,18,19)/b13-7+. The molecule has 0 atom stereocenters. The number of nitrogens with zero attached hydrogens (tertiary/aromatic N) is 1. The zero-order chi connectivity index (χ0) is 13.2. The maximum atomic E-state index is 11.5. The highest BCUT2D eigenvalue weighted by Gasteiger charge is 2.15. The summed E-state index contributed by atoms with van der Waals surface area (Å²) < 4.78 is 0. The van der Waals surface area contributed by atoms with Crippen LogP contribution >= 0.6 is 0 Å². The smallest absolute Gasteiger partial charge is 0.262 e. The van der Waals surface area contributed by atoms with Gasteiger partial charge in [0, 0.05) is 12.1 Å². The predicted octanol–water partition coefficient (Wildman–Crippen LogP) is 1.73. The fraction of sp³-hybridized carbons (Fsp3) is 0.0667. The van der Waals surface area contributed by atoms with Crippen molar-refractivity contribution in [3.63, 3.8) is 0 Å². The third-order valence-electron chi connectivity index (χ3n) is 3.15. The minimum atomic E-state index is -0.0920. The predicted molar refractivity (Wildman–Crippen MR) is 72.8 cm³/mol. The third-order valence-corrected chi connectivity index (χ3v) is 3.15. The number of hydrazine groups is 1. The second kappa shape index (κ2) is 4.56. The van der Waals surface area contributed by atoms with Crippen LogP contribution in [-0.4, -0.2) is 12.5 Å². The molecule has 0 saturated carbocycles. The average molecular weight is 249 g/mol. The molecule has 4 heteroatoms. The van der Waals surface area contributed by atoms with Crippen molar-refractivity contribution in [1.82, 2.24) is 10.9 Å². The zero-order valence-corrected chi connectivity index (χ0v) is 10.1. The van der Waals surface area contributed by atoms with Crippen LogP contribution in [0.1, 0.15) is 11.1 Å². The number of carbonyl (C=O) groups is 1. The Morgan fingerprint density at radius 1 is 1.26 bits per heavy atom. The summed E-state index contributed by atoms with van der Waals surface area (Å²) in [5.41, 5.74) is 7.68. The van der Waals surface area contributed by atoms with Crippen LogP contribution in [0.4, 0.5) is 0 Å². The van der Waals surface area contributed by atoms with Gasteiger partial charge in [0.1, 0.15) is 0 Å². The van der Waals surface area contributed by atoms with Crippen molar-refractivity contribution in [3.05, 3.63) is 53.1 Å². The van der Waals surface area contributed by atoms with Crippen molar-refractivity contribution >= 4 is 22.8 Å². The fourth-order valence-electron chi connectivity index (χ4n) is 2.19. The van der Waals surface area contributed by atoms with E-state index < -0.39 is 0 Å². The van der Waals surface area contributed by atoms with E-state index in [2.05, 4.69) is 16.9 Å². The van der Waals surface area contributed by atoms with E-state index in [0.29, 0.717) is 17.7 Å². The quantitative estimate of drug-likeness (QED) is 0.756. The first-order valence-corrected chi connectivity index (χ1v) is 5.94. The molecule has 1 heterocycles. The summed E-state index contributed by atoms with van der Waals surface area (Å²) in [5.74, 6) is -0.0920. The number of benzene rings is 2. The molecule has 2 aromatic rings. The maximum absolute atomic E-state index is 11.5. The highest BCUT2D eigenvalue weighted by Crippen LogP contribution is 2.22. The van der Waals surface area contributed by atoms with E-state index in [1.807, 2.05) is 36.4 Å². The largest absolute Gasteiger partial charge is 0.287 e. The Hall–Kier alpha value is -2.64. The molecule has 4 nitrogen and oxygen atoms in total. The van der Waals surface area contributed by atoms with Crippen LogP contribution in [0, 0.1) is 11.3 Å². The van der Waals surface area contributed by atoms with E-state index >= 15 is 0 Å². The number of carbonyl (C=O) groups excluding carboxylic acids is 1. The lowest BCUT2D eigenvalue weighted by atomic mass is 10.0. The number of nitrogens with one attached hydrogen (secondary N) is 2. The number of amides is 1. The van der Waals surface area contributed by atoms with Crippen LogP contribution < -0.4 is 10.9 Å². The minimum Gasteiger partial charge on any atom is -0.287 e. The van der Waals surface area contributed by atoms with E-state index in [1.165, 1.54) is 0 Å². The van der Waals surface area contributed by atoms with E-state index in [1.54, 1.807) is 6.07 Å². The maximum Gasteiger partial charge on any atom is 0.262 e. The van der Waals surface area contributed by atoms with Crippen LogP contribution in [-0.2, 0) is 4.79 Å². The zero-order valence-electron chi connectivity index (χ0n) is 10.1. The van der Waals surface area contributed by atoms with Gasteiger partial charge in [-0.25, -0.2) is 5.43 Å². The van der Waals surface area contributed by atoms with Gasteiger partial charge >= 0.3 is 0 Å². The topological polar surface area (TPSA) is 64.9 Å². The summed E-state index contributed by atoms with van der Waals surface area (Å²) in [7, 11) is 0. The molecule has 2 N–H and O–H groups in total. The Bertz CT molecular complexity index is 741. The highest BCUT2D eigenvalue weighted by molar-refractivity contribution is 6.02. The van der Waals surface area contributed by atoms with Crippen LogP contribution in [0.5, 0.6) is 0 Å². The summed E-state index contributed by atoms with van der Waals surface area (Å²) in [6, 6.07) is 13.5. The first-order chi connectivity index (χ1) is 9.28. The molecule has 1 fully saturated rings. The van der Waals surface area contributed by atoms with Gasteiger partial charge in [-0.2, -0.15) is 5.26 Å². The Labute approximate surface area is 110 Å². The molecule has 1 amide bonds. The minimum absolute atomic E-state index is 0.0920. The second-order valence-corrected chi connectivity index (χ2v) is 4.37. The normalized spacial score (nSPS) is 16.6. The van der Waals surface area contributed by atoms with Gasteiger partial charge in [-0.05, 0) is 34.5 Å². The van der Waals surface area contributed by atoms with Gasteiger partial charge in [-0.1, -0.05) is 24.3 Å². The number of hydrogen-bond acceptors (Lipinski definition) is 3. The first-order valence-electron chi connectivity index (χ1n) is 5.94. The number of hydrogen-bond donors (Lipinski definition) is 2. The Morgan fingerprint density at radius 2 is 2.16 bits per heavy atom. The van der Waals surface area contributed by atoms with Crippen molar-refractivity contribution in [2.45, 2.75) is 0 Å². The lowest BCUT2D eigenvalue weighted by Crippen LogP contribution is -2.25.